The van der Waals surface area contributed by atoms with E-state index in [1.165, 1.54) is 6.20 Å². The van der Waals surface area contributed by atoms with Gasteiger partial charge in [0.15, 0.2) is 0 Å². The summed E-state index contributed by atoms with van der Waals surface area (Å²) in [5.74, 6) is 2.29. The number of hydrogen-bond donors (Lipinski definition) is 4. The van der Waals surface area contributed by atoms with Crippen molar-refractivity contribution in [1.82, 2.24) is 15.3 Å². The molecular formula is C24H22N6O2. The number of nitrogens with one attached hydrogen (secondary N) is 3. The fourth-order valence-electron chi connectivity index (χ4n) is 2.96. The number of nitrogens with two attached hydrogens (primary N) is 1. The molecule has 1 amide bonds. The summed E-state index contributed by atoms with van der Waals surface area (Å²) in [7, 11) is 1.56. The normalized spacial score (nSPS) is 10.3. The molecule has 0 aliphatic rings. The van der Waals surface area contributed by atoms with E-state index in [0.29, 0.717) is 34.5 Å². The van der Waals surface area contributed by atoms with Crippen LogP contribution in [-0.2, 0) is 0 Å². The zero-order valence-corrected chi connectivity index (χ0v) is 17.4. The van der Waals surface area contributed by atoms with Gasteiger partial charge in [0.05, 0.1) is 0 Å². The Kier molecular flexibility index (Phi) is 6.12. The molecule has 2 aromatic carbocycles. The molecule has 8 nitrogen and oxygen atoms in total. The Bertz CT molecular complexity index is 1230. The Balaban J connectivity index is 1.41. The minimum atomic E-state index is -0.269. The SMILES string of the molecule is CNC(=O)c1cc(Oc2ccc(Nc3cccc(Nc4cccc(N)c4)n3)cc2)ccn1. The van der Waals surface area contributed by atoms with Gasteiger partial charge in [-0.25, -0.2) is 4.98 Å². The molecule has 5 N–H and O–H groups in total. The van der Waals surface area contributed by atoms with Gasteiger partial charge in [-0.3, -0.25) is 9.78 Å². The number of nitrogen functional groups attached to an aromatic ring is 1. The second-order valence-corrected chi connectivity index (χ2v) is 6.87. The minimum absolute atomic E-state index is 0.269. The van der Waals surface area contributed by atoms with Crippen molar-refractivity contribution in [3.05, 3.63) is 90.8 Å². The number of carbonyl (C=O) groups is 1. The first-order valence-corrected chi connectivity index (χ1v) is 9.92. The first-order chi connectivity index (χ1) is 15.6. The highest BCUT2D eigenvalue weighted by Gasteiger charge is 2.07. The molecule has 0 radical (unpaired) electrons. The lowest BCUT2D eigenvalue weighted by atomic mass is 10.2. The molecule has 0 saturated heterocycles. The van der Waals surface area contributed by atoms with Crippen LogP contribution in [0.3, 0.4) is 0 Å². The number of pyridine rings is 2. The third-order valence-corrected chi connectivity index (χ3v) is 4.46. The van der Waals surface area contributed by atoms with Crippen molar-refractivity contribution < 1.29 is 9.53 Å². The van der Waals surface area contributed by atoms with Gasteiger partial charge < -0.3 is 26.4 Å². The predicted octanol–water partition coefficient (Wildman–Crippen LogP) is 4.70. The number of amides is 1. The van der Waals surface area contributed by atoms with Crippen LogP contribution in [0.2, 0.25) is 0 Å². The minimum Gasteiger partial charge on any atom is -0.457 e. The summed E-state index contributed by atoms with van der Waals surface area (Å²) in [6, 6.07) is 23.9. The largest absolute Gasteiger partial charge is 0.457 e. The maximum atomic E-state index is 11.7. The maximum absolute atomic E-state index is 11.7. The maximum Gasteiger partial charge on any atom is 0.269 e. The van der Waals surface area contributed by atoms with Gasteiger partial charge >= 0.3 is 0 Å². The summed E-state index contributed by atoms with van der Waals surface area (Å²) in [6.07, 6.45) is 1.53. The van der Waals surface area contributed by atoms with E-state index in [4.69, 9.17) is 10.5 Å². The molecule has 0 aliphatic heterocycles. The van der Waals surface area contributed by atoms with E-state index in [-0.39, 0.29) is 5.91 Å². The van der Waals surface area contributed by atoms with Gasteiger partial charge in [-0.2, -0.15) is 0 Å². The molecule has 0 fully saturated rings. The zero-order valence-electron chi connectivity index (χ0n) is 17.4. The second kappa shape index (κ2) is 9.48. The lowest BCUT2D eigenvalue weighted by Gasteiger charge is -2.11. The number of ether oxygens (including phenoxy) is 1. The number of nitrogens with zero attached hydrogens (tertiary/aromatic N) is 2. The number of aromatic nitrogens is 2. The van der Waals surface area contributed by atoms with Gasteiger partial charge in [-0.05, 0) is 60.7 Å². The molecule has 0 aliphatic carbocycles. The number of rotatable bonds is 7. The summed E-state index contributed by atoms with van der Waals surface area (Å²) in [4.78, 5) is 20.3. The van der Waals surface area contributed by atoms with Crippen molar-refractivity contribution in [2.75, 3.05) is 23.4 Å². The number of hydrogen-bond acceptors (Lipinski definition) is 7. The van der Waals surface area contributed by atoms with Crippen LogP contribution in [0.1, 0.15) is 10.5 Å². The van der Waals surface area contributed by atoms with Crippen molar-refractivity contribution in [3.63, 3.8) is 0 Å². The van der Waals surface area contributed by atoms with Crippen LogP contribution in [0, 0.1) is 0 Å². The lowest BCUT2D eigenvalue weighted by molar-refractivity contribution is 0.0958. The van der Waals surface area contributed by atoms with E-state index < -0.39 is 0 Å². The molecule has 0 unspecified atom stereocenters. The molecule has 2 aromatic heterocycles. The van der Waals surface area contributed by atoms with Crippen LogP contribution in [0.25, 0.3) is 0 Å². The van der Waals surface area contributed by atoms with Crippen molar-refractivity contribution in [3.8, 4) is 11.5 Å². The van der Waals surface area contributed by atoms with Gasteiger partial charge in [-0.15, -0.1) is 0 Å². The smallest absolute Gasteiger partial charge is 0.269 e. The first kappa shape index (κ1) is 20.7. The summed E-state index contributed by atoms with van der Waals surface area (Å²) in [5, 5.41) is 9.05. The molecule has 0 atom stereocenters. The van der Waals surface area contributed by atoms with E-state index in [2.05, 4.69) is 25.9 Å². The molecule has 32 heavy (non-hydrogen) atoms. The molecule has 4 aromatic rings. The average molecular weight is 426 g/mol. The summed E-state index contributed by atoms with van der Waals surface area (Å²) >= 11 is 0. The predicted molar refractivity (Wildman–Crippen MR) is 126 cm³/mol. The summed E-state index contributed by atoms with van der Waals surface area (Å²) < 4.78 is 5.83. The van der Waals surface area contributed by atoms with Crippen molar-refractivity contribution in [1.29, 1.82) is 0 Å². The molecule has 160 valence electrons. The number of carbonyl (C=O) groups excluding carboxylic acids is 1. The highest BCUT2D eigenvalue weighted by atomic mass is 16.5. The second-order valence-electron chi connectivity index (χ2n) is 6.87. The highest BCUT2D eigenvalue weighted by molar-refractivity contribution is 5.92. The quantitative estimate of drug-likeness (QED) is 0.317. The molecule has 0 spiro atoms. The monoisotopic (exact) mass is 426 g/mol. The van der Waals surface area contributed by atoms with E-state index >= 15 is 0 Å². The molecule has 8 heteroatoms. The first-order valence-electron chi connectivity index (χ1n) is 9.92. The van der Waals surface area contributed by atoms with Crippen LogP contribution in [-0.4, -0.2) is 22.9 Å². The molecule has 4 rings (SSSR count). The highest BCUT2D eigenvalue weighted by Crippen LogP contribution is 2.25. The van der Waals surface area contributed by atoms with Gasteiger partial charge in [0.25, 0.3) is 5.91 Å². The lowest BCUT2D eigenvalue weighted by Crippen LogP contribution is -2.18. The number of anilines is 5. The third kappa shape index (κ3) is 5.31. The molecular weight excluding hydrogens is 404 g/mol. The number of benzene rings is 2. The third-order valence-electron chi connectivity index (χ3n) is 4.46. The van der Waals surface area contributed by atoms with Crippen LogP contribution in [0.5, 0.6) is 11.5 Å². The van der Waals surface area contributed by atoms with Crippen molar-refractivity contribution in [2.24, 2.45) is 0 Å². The van der Waals surface area contributed by atoms with E-state index in [9.17, 15) is 4.79 Å². The van der Waals surface area contributed by atoms with Crippen LogP contribution in [0.4, 0.5) is 28.7 Å². The van der Waals surface area contributed by atoms with E-state index in [1.54, 1.807) is 19.2 Å². The molecule has 2 heterocycles. The standard InChI is InChI=1S/C24H22N6O2/c1-26-24(31)21-15-20(12-13-27-21)32-19-10-8-17(9-11-19)28-22-6-3-7-23(30-22)29-18-5-2-4-16(25)14-18/h2-15H,25H2,1H3,(H,26,31)(H2,28,29,30). The average Bonchev–Trinajstić information content (AvgIpc) is 2.80. The van der Waals surface area contributed by atoms with E-state index in [0.717, 1.165) is 11.4 Å². The van der Waals surface area contributed by atoms with E-state index in [1.807, 2.05) is 66.7 Å². The van der Waals surface area contributed by atoms with Gasteiger partial charge in [-0.1, -0.05) is 12.1 Å². The van der Waals surface area contributed by atoms with Crippen LogP contribution in [0.15, 0.2) is 85.1 Å². The van der Waals surface area contributed by atoms with Crippen LogP contribution >= 0.6 is 0 Å². The van der Waals surface area contributed by atoms with Crippen molar-refractivity contribution >= 4 is 34.6 Å². The fraction of sp³-hybridized carbons (Fsp3) is 0.0417. The van der Waals surface area contributed by atoms with Gasteiger partial charge in [0.2, 0.25) is 0 Å². The topological polar surface area (TPSA) is 114 Å². The zero-order chi connectivity index (χ0) is 22.3. The Morgan fingerprint density at radius 3 is 2.28 bits per heavy atom. The molecule has 0 bridgehead atoms. The van der Waals surface area contributed by atoms with Gasteiger partial charge in [0, 0.05) is 36.4 Å². The molecule has 0 saturated carbocycles. The Morgan fingerprint density at radius 1 is 0.844 bits per heavy atom. The summed E-state index contributed by atoms with van der Waals surface area (Å²) in [5.41, 5.74) is 8.53. The Morgan fingerprint density at radius 2 is 1.56 bits per heavy atom. The van der Waals surface area contributed by atoms with Gasteiger partial charge in [0.1, 0.15) is 28.8 Å². The van der Waals surface area contributed by atoms with Crippen molar-refractivity contribution in [2.45, 2.75) is 0 Å². The fourth-order valence-corrected chi connectivity index (χ4v) is 2.96. The Hall–Kier alpha value is -4.59. The Labute approximate surface area is 185 Å². The van der Waals surface area contributed by atoms with Crippen LogP contribution < -0.4 is 26.4 Å². The summed E-state index contributed by atoms with van der Waals surface area (Å²) in [6.45, 7) is 0.